The van der Waals surface area contributed by atoms with Gasteiger partial charge in [-0.15, -0.1) is 0 Å². The van der Waals surface area contributed by atoms with Crippen LogP contribution in [0.2, 0.25) is 0 Å². The van der Waals surface area contributed by atoms with Gasteiger partial charge in [0.1, 0.15) is 11.6 Å². The Bertz CT molecular complexity index is 873. The van der Waals surface area contributed by atoms with Gasteiger partial charge in [-0.25, -0.2) is 4.39 Å². The Morgan fingerprint density at radius 2 is 1.68 bits per heavy atom. The molecule has 0 fully saturated rings. The second kappa shape index (κ2) is 9.40. The lowest BCUT2D eigenvalue weighted by atomic mass is 10.1. The van der Waals surface area contributed by atoms with Crippen molar-refractivity contribution in [1.82, 2.24) is 5.32 Å². The maximum atomic E-state index is 13.3. The fourth-order valence-corrected chi connectivity index (χ4v) is 2.37. The Morgan fingerprint density at radius 1 is 1.04 bits per heavy atom. The number of methoxy groups -OCH3 is 3. The molecule has 0 atom stereocenters. The molecule has 0 saturated heterocycles. The van der Waals surface area contributed by atoms with Crippen LogP contribution >= 0.6 is 0 Å². The zero-order chi connectivity index (χ0) is 20.7. The van der Waals surface area contributed by atoms with Crippen LogP contribution in [0.25, 0.3) is 0 Å². The SMILES string of the molecule is COc1cc(OC)c(OC)cc1CNC(=O)COc1cc(F)ccc1[N+](=O)[O-]. The standard InChI is InChI=1S/C18H19FN2O7/c1-25-14-8-17(27-3)16(26-2)6-11(14)9-20-18(22)10-28-15-7-12(19)4-5-13(15)21(23)24/h4-8H,9-10H2,1-3H3,(H,20,22). The van der Waals surface area contributed by atoms with Crippen molar-refractivity contribution >= 4 is 11.6 Å². The molecule has 0 radical (unpaired) electrons. The molecule has 0 unspecified atom stereocenters. The first-order valence-electron chi connectivity index (χ1n) is 8.02. The first-order chi connectivity index (χ1) is 13.4. The van der Waals surface area contributed by atoms with Crippen LogP contribution in [0.3, 0.4) is 0 Å². The van der Waals surface area contributed by atoms with Crippen LogP contribution in [0.5, 0.6) is 23.0 Å². The first kappa shape index (κ1) is 20.7. The summed E-state index contributed by atoms with van der Waals surface area (Å²) in [5.41, 5.74) is 0.181. The van der Waals surface area contributed by atoms with Gasteiger partial charge in [-0.1, -0.05) is 0 Å². The molecule has 2 aromatic carbocycles. The molecule has 28 heavy (non-hydrogen) atoms. The lowest BCUT2D eigenvalue weighted by Gasteiger charge is -2.14. The number of carbonyl (C=O) groups is 1. The summed E-state index contributed by atoms with van der Waals surface area (Å²) in [6, 6.07) is 6.03. The van der Waals surface area contributed by atoms with E-state index in [1.54, 1.807) is 12.1 Å². The number of rotatable bonds is 9. The molecule has 150 valence electrons. The number of carbonyl (C=O) groups excluding carboxylic acids is 1. The lowest BCUT2D eigenvalue weighted by molar-refractivity contribution is -0.385. The van der Waals surface area contributed by atoms with E-state index in [1.807, 2.05) is 0 Å². The van der Waals surface area contributed by atoms with Crippen LogP contribution in [0, 0.1) is 15.9 Å². The van der Waals surface area contributed by atoms with E-state index >= 15 is 0 Å². The molecule has 0 heterocycles. The second-order valence-electron chi connectivity index (χ2n) is 5.45. The van der Waals surface area contributed by atoms with Crippen LogP contribution < -0.4 is 24.3 Å². The second-order valence-corrected chi connectivity index (χ2v) is 5.45. The number of benzene rings is 2. The first-order valence-corrected chi connectivity index (χ1v) is 8.02. The largest absolute Gasteiger partial charge is 0.496 e. The molecule has 0 aliphatic rings. The van der Waals surface area contributed by atoms with Crippen molar-refractivity contribution in [2.45, 2.75) is 6.54 Å². The van der Waals surface area contributed by atoms with E-state index < -0.39 is 28.9 Å². The number of nitrogens with one attached hydrogen (secondary N) is 1. The van der Waals surface area contributed by atoms with E-state index in [1.165, 1.54) is 21.3 Å². The van der Waals surface area contributed by atoms with Crippen molar-refractivity contribution in [1.29, 1.82) is 0 Å². The molecule has 1 amide bonds. The summed E-state index contributed by atoms with van der Waals surface area (Å²) in [5, 5.41) is 13.5. The zero-order valence-corrected chi connectivity index (χ0v) is 15.5. The molecule has 0 bridgehead atoms. The smallest absolute Gasteiger partial charge is 0.311 e. The van der Waals surface area contributed by atoms with Crippen LogP contribution in [0.4, 0.5) is 10.1 Å². The summed E-state index contributed by atoms with van der Waals surface area (Å²) >= 11 is 0. The highest BCUT2D eigenvalue weighted by Gasteiger charge is 2.17. The molecule has 0 spiro atoms. The Kier molecular flexibility index (Phi) is 6.96. The number of nitrogens with zero attached hydrogens (tertiary/aromatic N) is 1. The summed E-state index contributed by atoms with van der Waals surface area (Å²) in [6.45, 7) is -0.448. The molecule has 2 rings (SSSR count). The molecule has 0 aliphatic heterocycles. The summed E-state index contributed by atoms with van der Waals surface area (Å²) in [5.74, 6) is -0.203. The number of hydrogen-bond donors (Lipinski definition) is 1. The average Bonchev–Trinajstić information content (AvgIpc) is 2.69. The number of amides is 1. The Morgan fingerprint density at radius 3 is 2.29 bits per heavy atom. The lowest BCUT2D eigenvalue weighted by Crippen LogP contribution is -2.28. The maximum absolute atomic E-state index is 13.3. The molecule has 1 N–H and O–H groups in total. The highest BCUT2D eigenvalue weighted by atomic mass is 19.1. The van der Waals surface area contributed by atoms with E-state index in [2.05, 4.69) is 5.32 Å². The number of nitro benzene ring substituents is 1. The van der Waals surface area contributed by atoms with E-state index in [0.717, 1.165) is 18.2 Å². The van der Waals surface area contributed by atoms with Crippen LogP contribution in [-0.2, 0) is 11.3 Å². The molecule has 0 aliphatic carbocycles. The van der Waals surface area contributed by atoms with Crippen molar-refractivity contribution in [3.8, 4) is 23.0 Å². The Hall–Kier alpha value is -3.56. The predicted octanol–water partition coefficient (Wildman–Crippen LogP) is 2.45. The minimum atomic E-state index is -0.721. The number of halogens is 1. The molecule has 0 aromatic heterocycles. The van der Waals surface area contributed by atoms with Gasteiger partial charge >= 0.3 is 5.69 Å². The minimum absolute atomic E-state index is 0.0803. The molecule has 2 aromatic rings. The van der Waals surface area contributed by atoms with Gasteiger partial charge in [0.2, 0.25) is 5.75 Å². The maximum Gasteiger partial charge on any atom is 0.311 e. The van der Waals surface area contributed by atoms with Crippen LogP contribution in [0.1, 0.15) is 5.56 Å². The van der Waals surface area contributed by atoms with Crippen molar-refractivity contribution in [2.75, 3.05) is 27.9 Å². The molecule has 10 heteroatoms. The van der Waals surface area contributed by atoms with Gasteiger partial charge in [-0.05, 0) is 12.1 Å². The number of ether oxygens (including phenoxy) is 4. The predicted molar refractivity (Wildman–Crippen MR) is 96.5 cm³/mol. The van der Waals surface area contributed by atoms with E-state index in [-0.39, 0.29) is 12.3 Å². The summed E-state index contributed by atoms with van der Waals surface area (Å²) in [4.78, 5) is 22.3. The van der Waals surface area contributed by atoms with Crippen LogP contribution in [-0.4, -0.2) is 38.8 Å². The average molecular weight is 394 g/mol. The monoisotopic (exact) mass is 394 g/mol. The van der Waals surface area contributed by atoms with Gasteiger partial charge in [-0.3, -0.25) is 14.9 Å². The molecular formula is C18H19FN2O7. The summed E-state index contributed by atoms with van der Waals surface area (Å²) < 4.78 is 34.1. The number of nitro groups is 1. The van der Waals surface area contributed by atoms with Crippen molar-refractivity contribution < 1.29 is 33.1 Å². The van der Waals surface area contributed by atoms with Gasteiger partial charge in [0.05, 0.1) is 26.3 Å². The third kappa shape index (κ3) is 5.00. The highest BCUT2D eigenvalue weighted by Crippen LogP contribution is 2.34. The summed E-state index contributed by atoms with van der Waals surface area (Å²) in [6.07, 6.45) is 0. The van der Waals surface area contributed by atoms with Gasteiger partial charge in [0.25, 0.3) is 5.91 Å². The molecule has 0 saturated carbocycles. The van der Waals surface area contributed by atoms with Gasteiger partial charge in [-0.2, -0.15) is 0 Å². The topological polar surface area (TPSA) is 109 Å². The van der Waals surface area contributed by atoms with Gasteiger partial charge in [0.15, 0.2) is 18.1 Å². The normalized spacial score (nSPS) is 10.1. The fraction of sp³-hybridized carbons (Fsp3) is 0.278. The van der Waals surface area contributed by atoms with Crippen LogP contribution in [0.15, 0.2) is 30.3 Å². The zero-order valence-electron chi connectivity index (χ0n) is 15.5. The fourth-order valence-electron chi connectivity index (χ4n) is 2.37. The van der Waals surface area contributed by atoms with E-state index in [0.29, 0.717) is 22.8 Å². The Balaban J connectivity index is 2.04. The van der Waals surface area contributed by atoms with Gasteiger partial charge in [0, 0.05) is 30.3 Å². The van der Waals surface area contributed by atoms with E-state index in [4.69, 9.17) is 18.9 Å². The van der Waals surface area contributed by atoms with E-state index in [9.17, 15) is 19.3 Å². The summed E-state index contributed by atoms with van der Waals surface area (Å²) in [7, 11) is 4.44. The number of hydrogen-bond acceptors (Lipinski definition) is 7. The quantitative estimate of drug-likeness (QED) is 0.514. The molecular weight excluding hydrogens is 375 g/mol. The Labute approximate surface area is 160 Å². The van der Waals surface area contributed by atoms with Gasteiger partial charge < -0.3 is 24.3 Å². The minimum Gasteiger partial charge on any atom is -0.496 e. The highest BCUT2D eigenvalue weighted by molar-refractivity contribution is 5.77. The molecule has 9 nitrogen and oxygen atoms in total. The third-order valence-electron chi connectivity index (χ3n) is 3.74. The van der Waals surface area contributed by atoms with Crippen molar-refractivity contribution in [3.63, 3.8) is 0 Å². The van der Waals surface area contributed by atoms with Crippen molar-refractivity contribution in [2.24, 2.45) is 0 Å². The van der Waals surface area contributed by atoms with Crippen molar-refractivity contribution in [3.05, 3.63) is 51.8 Å². The third-order valence-corrected chi connectivity index (χ3v) is 3.74.